The molecule has 4 fully saturated rings. The summed E-state index contributed by atoms with van der Waals surface area (Å²) in [5.74, 6) is 5.08. The van der Waals surface area contributed by atoms with Gasteiger partial charge in [-0.1, -0.05) is 12.1 Å². The normalized spacial score (nSPS) is 30.7. The molecule has 5 aliphatic rings. The maximum Gasteiger partial charge on any atom is 0.227 e. The Bertz CT molecular complexity index is 940. The van der Waals surface area contributed by atoms with Crippen molar-refractivity contribution in [3.8, 4) is 11.5 Å². The van der Waals surface area contributed by atoms with Gasteiger partial charge in [0, 0.05) is 11.1 Å². The molecule has 4 aliphatic carbocycles. The van der Waals surface area contributed by atoms with E-state index in [4.69, 9.17) is 9.73 Å². The Labute approximate surface area is 159 Å². The molecule has 0 amide bonds. The molecule has 0 atom stereocenters. The number of benzene rings is 2. The number of rotatable bonds is 1. The van der Waals surface area contributed by atoms with Gasteiger partial charge in [-0.15, -0.1) is 0 Å². The number of aromatic hydroxyl groups is 1. The number of phenolic OH excluding ortho intramolecular Hbond substituents is 1. The molecule has 2 aromatic rings. The van der Waals surface area contributed by atoms with Gasteiger partial charge >= 0.3 is 0 Å². The first-order valence-corrected chi connectivity index (χ1v) is 10.1. The number of hydrogen-bond acceptors (Lipinski definition) is 3. The first kappa shape index (κ1) is 15.5. The second-order valence-electron chi connectivity index (χ2n) is 8.67. The molecule has 1 heterocycles. The van der Waals surface area contributed by atoms with E-state index in [0.29, 0.717) is 17.7 Å². The second-order valence-corrected chi connectivity index (χ2v) is 8.67. The highest BCUT2D eigenvalue weighted by Gasteiger charge is 2.46. The SMILES string of the molecule is Oc1ccc(C2=NC(=C3C4CC5CC(C4)CC3C5)c3ccccc3O2)cc1. The van der Waals surface area contributed by atoms with Crippen molar-refractivity contribution in [2.24, 2.45) is 28.7 Å². The zero-order valence-corrected chi connectivity index (χ0v) is 15.3. The lowest BCUT2D eigenvalue weighted by atomic mass is 9.53. The smallest absolute Gasteiger partial charge is 0.227 e. The quantitative estimate of drug-likeness (QED) is 0.742. The average Bonchev–Trinajstić information content (AvgIpc) is 2.67. The first-order valence-electron chi connectivity index (χ1n) is 10.1. The van der Waals surface area contributed by atoms with Crippen LogP contribution in [0.2, 0.25) is 0 Å². The van der Waals surface area contributed by atoms with Gasteiger partial charge in [-0.05, 0) is 97.7 Å². The molecule has 136 valence electrons. The molecule has 27 heavy (non-hydrogen) atoms. The summed E-state index contributed by atoms with van der Waals surface area (Å²) in [5.41, 5.74) is 4.80. The number of ether oxygens (including phenoxy) is 1. The van der Waals surface area contributed by atoms with E-state index in [1.165, 1.54) is 32.1 Å². The summed E-state index contributed by atoms with van der Waals surface area (Å²) in [6, 6.07) is 15.4. The first-order chi connectivity index (χ1) is 13.2. The highest BCUT2D eigenvalue weighted by atomic mass is 16.5. The maximum atomic E-state index is 9.62. The van der Waals surface area contributed by atoms with E-state index >= 15 is 0 Å². The monoisotopic (exact) mass is 357 g/mol. The molecule has 4 bridgehead atoms. The van der Waals surface area contributed by atoms with E-state index in [-0.39, 0.29) is 5.75 Å². The number of phenols is 1. The van der Waals surface area contributed by atoms with E-state index in [1.54, 1.807) is 17.7 Å². The zero-order valence-electron chi connectivity index (χ0n) is 15.3. The van der Waals surface area contributed by atoms with Gasteiger partial charge in [0.05, 0.1) is 5.70 Å². The Morgan fingerprint density at radius 2 is 1.48 bits per heavy atom. The molecule has 7 rings (SSSR count). The van der Waals surface area contributed by atoms with Crippen LogP contribution in [0.4, 0.5) is 0 Å². The summed E-state index contributed by atoms with van der Waals surface area (Å²) in [6.45, 7) is 0. The van der Waals surface area contributed by atoms with Crippen LogP contribution in [0.1, 0.15) is 43.2 Å². The molecule has 1 aliphatic heterocycles. The van der Waals surface area contributed by atoms with E-state index in [2.05, 4.69) is 12.1 Å². The Hall–Kier alpha value is -2.55. The van der Waals surface area contributed by atoms with Crippen LogP contribution in [0.15, 0.2) is 59.1 Å². The largest absolute Gasteiger partial charge is 0.508 e. The van der Waals surface area contributed by atoms with Gasteiger partial charge in [-0.25, -0.2) is 4.99 Å². The summed E-state index contributed by atoms with van der Waals surface area (Å²) in [7, 11) is 0. The second kappa shape index (κ2) is 5.72. The van der Waals surface area contributed by atoms with Crippen molar-refractivity contribution in [2.45, 2.75) is 32.1 Å². The molecule has 1 N–H and O–H groups in total. The summed E-state index contributed by atoms with van der Waals surface area (Å²) >= 11 is 0. The highest BCUT2D eigenvalue weighted by molar-refractivity contribution is 6.02. The van der Waals surface area contributed by atoms with E-state index in [0.717, 1.165) is 34.4 Å². The van der Waals surface area contributed by atoms with Crippen LogP contribution in [-0.4, -0.2) is 11.0 Å². The molecular formula is C24H23NO2. The van der Waals surface area contributed by atoms with Crippen LogP contribution in [0.25, 0.3) is 5.70 Å². The lowest BCUT2D eigenvalue weighted by Gasteiger charge is -2.52. The molecule has 4 saturated carbocycles. The standard InChI is InChI=1S/C24H23NO2/c26-19-7-5-16(6-8-19)24-25-23(20-3-1-2-4-21(20)27-24)22-17-10-14-9-15(12-17)13-18(22)11-14/h1-8,14-15,17-18,26H,9-13H2. The van der Waals surface area contributed by atoms with Crippen LogP contribution in [0.5, 0.6) is 11.5 Å². The number of fused-ring (bicyclic) bond motifs is 1. The molecule has 0 unspecified atom stereocenters. The number of hydrogen-bond donors (Lipinski definition) is 1. The van der Waals surface area contributed by atoms with E-state index < -0.39 is 0 Å². The lowest BCUT2D eigenvalue weighted by Crippen LogP contribution is -2.41. The van der Waals surface area contributed by atoms with Gasteiger partial charge in [0.1, 0.15) is 11.5 Å². The van der Waals surface area contributed by atoms with Gasteiger partial charge in [-0.2, -0.15) is 0 Å². The van der Waals surface area contributed by atoms with Crippen molar-refractivity contribution < 1.29 is 9.84 Å². The van der Waals surface area contributed by atoms with Crippen molar-refractivity contribution in [3.05, 3.63) is 65.2 Å². The third kappa shape index (κ3) is 2.44. The molecule has 2 aromatic carbocycles. The van der Waals surface area contributed by atoms with Gasteiger partial charge in [0.2, 0.25) is 5.90 Å². The predicted octanol–water partition coefficient (Wildman–Crippen LogP) is 5.40. The Kier molecular flexibility index (Phi) is 3.29. The van der Waals surface area contributed by atoms with Gasteiger partial charge in [0.15, 0.2) is 0 Å². The minimum absolute atomic E-state index is 0.259. The minimum atomic E-state index is 0.259. The van der Waals surface area contributed by atoms with Gasteiger partial charge in [-0.3, -0.25) is 0 Å². The molecule has 3 heteroatoms. The fraction of sp³-hybridized carbons (Fsp3) is 0.375. The maximum absolute atomic E-state index is 9.62. The number of allylic oxidation sites excluding steroid dienone is 1. The fourth-order valence-corrected chi connectivity index (χ4v) is 6.07. The van der Waals surface area contributed by atoms with Crippen molar-refractivity contribution >= 4 is 11.6 Å². The summed E-state index contributed by atoms with van der Waals surface area (Å²) in [4.78, 5) is 5.06. The third-order valence-corrected chi connectivity index (χ3v) is 6.97. The van der Waals surface area contributed by atoms with Gasteiger partial charge in [0.25, 0.3) is 0 Å². The van der Waals surface area contributed by atoms with Gasteiger partial charge < -0.3 is 9.84 Å². The van der Waals surface area contributed by atoms with E-state index in [9.17, 15) is 5.11 Å². The minimum Gasteiger partial charge on any atom is -0.508 e. The number of nitrogens with zero attached hydrogens (tertiary/aromatic N) is 1. The van der Waals surface area contributed by atoms with Crippen molar-refractivity contribution in [1.82, 2.24) is 0 Å². The molecule has 0 aromatic heterocycles. The summed E-state index contributed by atoms with van der Waals surface area (Å²) in [5, 5.41) is 9.62. The molecule has 0 spiro atoms. The number of aliphatic imine (C=N–C) groups is 1. The Balaban J connectivity index is 1.52. The Morgan fingerprint density at radius 1 is 0.815 bits per heavy atom. The van der Waals surface area contributed by atoms with Crippen molar-refractivity contribution in [2.75, 3.05) is 0 Å². The van der Waals surface area contributed by atoms with Crippen LogP contribution < -0.4 is 4.74 Å². The molecule has 0 saturated heterocycles. The van der Waals surface area contributed by atoms with E-state index in [1.807, 2.05) is 24.3 Å². The van der Waals surface area contributed by atoms with Crippen molar-refractivity contribution in [1.29, 1.82) is 0 Å². The third-order valence-electron chi connectivity index (χ3n) is 6.97. The lowest BCUT2D eigenvalue weighted by molar-refractivity contribution is 0.0703. The topological polar surface area (TPSA) is 41.8 Å². The van der Waals surface area contributed by atoms with Crippen LogP contribution in [-0.2, 0) is 0 Å². The predicted molar refractivity (Wildman–Crippen MR) is 106 cm³/mol. The summed E-state index contributed by atoms with van der Waals surface area (Å²) < 4.78 is 6.17. The highest BCUT2D eigenvalue weighted by Crippen LogP contribution is 2.58. The fourth-order valence-electron chi connectivity index (χ4n) is 6.07. The van der Waals surface area contributed by atoms with Crippen molar-refractivity contribution in [3.63, 3.8) is 0 Å². The molecule has 3 nitrogen and oxygen atoms in total. The Morgan fingerprint density at radius 3 is 2.19 bits per heavy atom. The van der Waals surface area contributed by atoms with Crippen LogP contribution in [0.3, 0.4) is 0 Å². The molecular weight excluding hydrogens is 334 g/mol. The summed E-state index contributed by atoms with van der Waals surface area (Å²) in [6.07, 6.45) is 6.84. The van der Waals surface area contributed by atoms with Crippen LogP contribution in [0, 0.1) is 23.7 Å². The number of para-hydroxylation sites is 1. The zero-order chi connectivity index (χ0) is 18.0. The van der Waals surface area contributed by atoms with Crippen LogP contribution >= 0.6 is 0 Å². The average molecular weight is 357 g/mol. The molecule has 0 radical (unpaired) electrons.